The minimum atomic E-state index is -0.410. The van der Waals surface area contributed by atoms with E-state index in [1.165, 1.54) is 6.07 Å². The van der Waals surface area contributed by atoms with Crippen molar-refractivity contribution in [2.24, 2.45) is 0 Å². The first-order valence-electron chi connectivity index (χ1n) is 6.62. The Labute approximate surface area is 121 Å². The maximum atomic E-state index is 10.9. The number of nitro benzene ring substituents is 1. The van der Waals surface area contributed by atoms with Crippen molar-refractivity contribution < 1.29 is 10.0 Å². The molecule has 2 N–H and O–H groups in total. The fourth-order valence-corrected chi connectivity index (χ4v) is 2.60. The van der Waals surface area contributed by atoms with Gasteiger partial charge in [0.1, 0.15) is 0 Å². The molecule has 3 rings (SSSR count). The van der Waals surface area contributed by atoms with Gasteiger partial charge in [0.15, 0.2) is 0 Å². The minimum Gasteiger partial charge on any atom is -0.395 e. The summed E-state index contributed by atoms with van der Waals surface area (Å²) in [5.41, 5.74) is 2.72. The number of hydrogen-bond donors (Lipinski definition) is 2. The van der Waals surface area contributed by atoms with E-state index in [-0.39, 0.29) is 18.2 Å². The van der Waals surface area contributed by atoms with Gasteiger partial charge in [0.2, 0.25) is 0 Å². The van der Waals surface area contributed by atoms with Gasteiger partial charge in [0.25, 0.3) is 5.69 Å². The predicted octanol–water partition coefficient (Wildman–Crippen LogP) is 3.20. The van der Waals surface area contributed by atoms with Gasteiger partial charge in [-0.25, -0.2) is 0 Å². The van der Waals surface area contributed by atoms with E-state index in [2.05, 4.69) is 4.98 Å². The quantitative estimate of drug-likeness (QED) is 0.569. The standard InChI is InChI=1S/C16H14N2O3/c19-10-15(11-4-2-1-3-5-11)14-9-17-16-7-6-12(18(20)21)8-13(14)16/h1-9,15,17,19H,10H2/t15-/m1/s1. The van der Waals surface area contributed by atoms with Crippen molar-refractivity contribution in [2.45, 2.75) is 5.92 Å². The molecule has 0 aliphatic rings. The first-order chi connectivity index (χ1) is 10.2. The SMILES string of the molecule is O=[N+]([O-])c1ccc2[nH]cc([C@H](CO)c3ccccc3)c2c1. The number of rotatable bonds is 4. The molecule has 0 radical (unpaired) electrons. The largest absolute Gasteiger partial charge is 0.395 e. The molecule has 0 unspecified atom stereocenters. The smallest absolute Gasteiger partial charge is 0.270 e. The van der Waals surface area contributed by atoms with Gasteiger partial charge in [-0.3, -0.25) is 10.1 Å². The van der Waals surface area contributed by atoms with Gasteiger partial charge in [-0.2, -0.15) is 0 Å². The number of nitrogens with one attached hydrogen (secondary N) is 1. The van der Waals surface area contributed by atoms with Gasteiger partial charge < -0.3 is 10.1 Å². The molecule has 1 heterocycles. The molecule has 2 aromatic carbocycles. The van der Waals surface area contributed by atoms with Crippen LogP contribution in [-0.4, -0.2) is 21.6 Å². The van der Waals surface area contributed by atoms with Crippen LogP contribution >= 0.6 is 0 Å². The zero-order valence-corrected chi connectivity index (χ0v) is 11.2. The summed E-state index contributed by atoms with van der Waals surface area (Å²) in [5, 5.41) is 21.4. The molecule has 0 aliphatic heterocycles. The molecule has 0 fully saturated rings. The molecule has 0 bridgehead atoms. The molecule has 0 saturated carbocycles. The van der Waals surface area contributed by atoms with E-state index < -0.39 is 4.92 Å². The third kappa shape index (κ3) is 2.39. The lowest BCUT2D eigenvalue weighted by atomic mass is 9.92. The normalized spacial score (nSPS) is 12.4. The molecular weight excluding hydrogens is 268 g/mol. The molecular formula is C16H14N2O3. The van der Waals surface area contributed by atoms with E-state index >= 15 is 0 Å². The van der Waals surface area contributed by atoms with Crippen molar-refractivity contribution in [1.82, 2.24) is 4.98 Å². The summed E-state index contributed by atoms with van der Waals surface area (Å²) in [6, 6.07) is 14.3. The summed E-state index contributed by atoms with van der Waals surface area (Å²) in [7, 11) is 0. The Morgan fingerprint density at radius 2 is 1.95 bits per heavy atom. The number of nitrogens with zero attached hydrogens (tertiary/aromatic N) is 1. The number of H-pyrrole nitrogens is 1. The van der Waals surface area contributed by atoms with E-state index in [1.807, 2.05) is 36.5 Å². The molecule has 0 saturated heterocycles. The van der Waals surface area contributed by atoms with Crippen molar-refractivity contribution >= 4 is 16.6 Å². The van der Waals surface area contributed by atoms with E-state index in [4.69, 9.17) is 0 Å². The number of aromatic amines is 1. The van der Waals surface area contributed by atoms with Crippen LogP contribution in [0.4, 0.5) is 5.69 Å². The minimum absolute atomic E-state index is 0.0492. The zero-order chi connectivity index (χ0) is 14.8. The summed E-state index contributed by atoms with van der Waals surface area (Å²) in [5.74, 6) is -0.207. The molecule has 3 aromatic rings. The van der Waals surface area contributed by atoms with Gasteiger partial charge in [-0.05, 0) is 17.2 Å². The highest BCUT2D eigenvalue weighted by atomic mass is 16.6. The molecule has 0 amide bonds. The molecule has 5 heteroatoms. The van der Waals surface area contributed by atoms with Crippen LogP contribution in [0.1, 0.15) is 17.0 Å². The van der Waals surface area contributed by atoms with E-state index in [0.29, 0.717) is 0 Å². The van der Waals surface area contributed by atoms with Crippen LogP contribution in [-0.2, 0) is 0 Å². The van der Waals surface area contributed by atoms with Crippen molar-refractivity contribution in [3.8, 4) is 0 Å². The van der Waals surface area contributed by atoms with E-state index in [0.717, 1.165) is 22.0 Å². The lowest BCUT2D eigenvalue weighted by Gasteiger charge is -2.13. The average molecular weight is 282 g/mol. The summed E-state index contributed by atoms with van der Waals surface area (Å²) < 4.78 is 0. The first-order valence-corrected chi connectivity index (χ1v) is 6.62. The summed E-state index contributed by atoms with van der Waals surface area (Å²) in [4.78, 5) is 13.6. The second-order valence-electron chi connectivity index (χ2n) is 4.88. The fraction of sp³-hybridized carbons (Fsp3) is 0.125. The van der Waals surface area contributed by atoms with Gasteiger partial charge >= 0.3 is 0 Å². The summed E-state index contributed by atoms with van der Waals surface area (Å²) >= 11 is 0. The van der Waals surface area contributed by atoms with Crippen LogP contribution in [0, 0.1) is 10.1 Å². The molecule has 5 nitrogen and oxygen atoms in total. The Kier molecular flexibility index (Phi) is 3.41. The molecule has 1 atom stereocenters. The van der Waals surface area contributed by atoms with Crippen molar-refractivity contribution in [3.05, 3.63) is 76.0 Å². The van der Waals surface area contributed by atoms with Gasteiger partial charge in [0, 0.05) is 35.2 Å². The number of non-ortho nitro benzene ring substituents is 1. The fourth-order valence-electron chi connectivity index (χ4n) is 2.60. The number of fused-ring (bicyclic) bond motifs is 1. The number of hydrogen-bond acceptors (Lipinski definition) is 3. The lowest BCUT2D eigenvalue weighted by Crippen LogP contribution is -2.05. The van der Waals surface area contributed by atoms with Crippen LogP contribution in [0.3, 0.4) is 0 Å². The maximum Gasteiger partial charge on any atom is 0.270 e. The average Bonchev–Trinajstić information content (AvgIpc) is 2.92. The summed E-state index contributed by atoms with van der Waals surface area (Å²) in [6.07, 6.45) is 1.81. The Morgan fingerprint density at radius 3 is 2.62 bits per heavy atom. The molecule has 0 aliphatic carbocycles. The number of aliphatic hydroxyl groups excluding tert-OH is 1. The molecule has 1 aromatic heterocycles. The molecule has 21 heavy (non-hydrogen) atoms. The van der Waals surface area contributed by atoms with E-state index in [1.54, 1.807) is 12.1 Å². The zero-order valence-electron chi connectivity index (χ0n) is 11.2. The van der Waals surface area contributed by atoms with E-state index in [9.17, 15) is 15.2 Å². The number of benzene rings is 2. The highest BCUT2D eigenvalue weighted by Crippen LogP contribution is 2.32. The molecule has 0 spiro atoms. The number of nitro groups is 1. The Morgan fingerprint density at radius 1 is 1.19 bits per heavy atom. The van der Waals surface area contributed by atoms with Crippen molar-refractivity contribution in [3.63, 3.8) is 0 Å². The van der Waals surface area contributed by atoms with Crippen LogP contribution in [0.25, 0.3) is 10.9 Å². The highest BCUT2D eigenvalue weighted by Gasteiger charge is 2.18. The van der Waals surface area contributed by atoms with Gasteiger partial charge in [-0.1, -0.05) is 30.3 Å². The van der Waals surface area contributed by atoms with Crippen molar-refractivity contribution in [2.75, 3.05) is 6.61 Å². The third-order valence-electron chi connectivity index (χ3n) is 3.67. The third-order valence-corrected chi connectivity index (χ3v) is 3.67. The lowest BCUT2D eigenvalue weighted by molar-refractivity contribution is -0.384. The highest BCUT2D eigenvalue weighted by molar-refractivity contribution is 5.86. The van der Waals surface area contributed by atoms with Gasteiger partial charge in [-0.15, -0.1) is 0 Å². The van der Waals surface area contributed by atoms with Crippen LogP contribution in [0.2, 0.25) is 0 Å². The predicted molar refractivity (Wildman–Crippen MR) is 80.3 cm³/mol. The second kappa shape index (κ2) is 5.38. The Balaban J connectivity index is 2.14. The van der Waals surface area contributed by atoms with Crippen LogP contribution in [0.15, 0.2) is 54.7 Å². The van der Waals surface area contributed by atoms with Crippen molar-refractivity contribution in [1.29, 1.82) is 0 Å². The number of aromatic nitrogens is 1. The first kappa shape index (κ1) is 13.3. The maximum absolute atomic E-state index is 10.9. The number of aliphatic hydroxyl groups is 1. The summed E-state index contributed by atoms with van der Waals surface area (Å²) in [6.45, 7) is -0.0559. The topological polar surface area (TPSA) is 79.2 Å². The van der Waals surface area contributed by atoms with Crippen LogP contribution < -0.4 is 0 Å². The second-order valence-corrected chi connectivity index (χ2v) is 4.88. The molecule has 106 valence electrons. The van der Waals surface area contributed by atoms with Gasteiger partial charge in [0.05, 0.1) is 11.5 Å². The Hall–Kier alpha value is -2.66. The Bertz CT molecular complexity index is 781. The monoisotopic (exact) mass is 282 g/mol. The van der Waals surface area contributed by atoms with Crippen LogP contribution in [0.5, 0.6) is 0 Å².